The molecular weight excluding hydrogens is 362 g/mol. The molecule has 1 aliphatic heterocycles. The highest BCUT2D eigenvalue weighted by Crippen LogP contribution is 2.36. The molecule has 1 fully saturated rings. The third kappa shape index (κ3) is 2.83. The van der Waals surface area contributed by atoms with Crippen LogP contribution < -0.4 is 5.32 Å². The van der Waals surface area contributed by atoms with Crippen LogP contribution in [0.3, 0.4) is 0 Å². The zero-order valence-electron chi connectivity index (χ0n) is 14.7. The van der Waals surface area contributed by atoms with E-state index in [2.05, 4.69) is 5.32 Å². The molecule has 140 valence electrons. The number of carbonyl (C=O) groups is 2. The molecule has 3 amide bonds. The number of carbonyl (C=O) groups excluding carboxylic acids is 2. The maximum atomic E-state index is 13.6. The van der Waals surface area contributed by atoms with Crippen molar-refractivity contribution in [2.45, 2.75) is 12.1 Å². The van der Waals surface area contributed by atoms with Crippen molar-refractivity contribution in [2.24, 2.45) is 0 Å². The Bertz CT molecular complexity index is 999. The maximum Gasteiger partial charge on any atom is 0.325 e. The first-order chi connectivity index (χ1) is 13.5. The molecule has 1 aliphatic rings. The van der Waals surface area contributed by atoms with Gasteiger partial charge in [0.1, 0.15) is 0 Å². The van der Waals surface area contributed by atoms with Gasteiger partial charge in [0.2, 0.25) is 0 Å². The van der Waals surface area contributed by atoms with Crippen LogP contribution in [0.4, 0.5) is 13.6 Å². The summed E-state index contributed by atoms with van der Waals surface area (Å²) in [6.45, 7) is -0.163. The van der Waals surface area contributed by atoms with Crippen LogP contribution in [0.1, 0.15) is 16.7 Å². The fourth-order valence-electron chi connectivity index (χ4n) is 3.47. The Morgan fingerprint density at radius 3 is 1.89 bits per heavy atom. The number of urea groups is 1. The molecule has 0 bridgehead atoms. The monoisotopic (exact) mass is 378 g/mol. The van der Waals surface area contributed by atoms with Crippen LogP contribution >= 0.6 is 0 Å². The third-order valence-electron chi connectivity index (χ3n) is 4.84. The topological polar surface area (TPSA) is 49.4 Å². The first-order valence-corrected chi connectivity index (χ1v) is 8.71. The lowest BCUT2D eigenvalue weighted by Gasteiger charge is -2.28. The number of benzene rings is 3. The molecule has 0 unspecified atom stereocenters. The lowest BCUT2D eigenvalue weighted by Crippen LogP contribution is -2.45. The van der Waals surface area contributed by atoms with Crippen molar-refractivity contribution in [1.29, 1.82) is 0 Å². The normalized spacial score (nSPS) is 15.6. The molecule has 0 radical (unpaired) electrons. The number of hydrogen-bond donors (Lipinski definition) is 1. The van der Waals surface area contributed by atoms with Crippen molar-refractivity contribution >= 4 is 11.9 Å². The van der Waals surface area contributed by atoms with Gasteiger partial charge in [-0.1, -0.05) is 66.7 Å². The van der Waals surface area contributed by atoms with Crippen molar-refractivity contribution in [3.63, 3.8) is 0 Å². The summed E-state index contributed by atoms with van der Waals surface area (Å²) in [6, 6.07) is 20.6. The standard InChI is InChI=1S/C22H16F2N2O2/c23-18-12-11-15(13-19(18)24)14-26-20(27)22(25-21(26)28,16-7-3-1-4-8-16)17-9-5-2-6-10-17/h1-13H,14H2,(H,25,28). The van der Waals surface area contributed by atoms with E-state index in [-0.39, 0.29) is 6.54 Å². The van der Waals surface area contributed by atoms with Crippen LogP contribution in [-0.4, -0.2) is 16.8 Å². The highest BCUT2D eigenvalue weighted by Gasteiger charge is 2.53. The quantitative estimate of drug-likeness (QED) is 0.699. The van der Waals surface area contributed by atoms with E-state index in [0.717, 1.165) is 17.0 Å². The second-order valence-corrected chi connectivity index (χ2v) is 6.55. The van der Waals surface area contributed by atoms with Gasteiger partial charge in [0.25, 0.3) is 5.91 Å². The van der Waals surface area contributed by atoms with Gasteiger partial charge in [-0.2, -0.15) is 0 Å². The number of nitrogens with one attached hydrogen (secondary N) is 1. The van der Waals surface area contributed by atoms with E-state index in [0.29, 0.717) is 16.7 Å². The van der Waals surface area contributed by atoms with Crippen LogP contribution in [0.25, 0.3) is 0 Å². The Kier molecular flexibility index (Phi) is 4.39. The summed E-state index contributed by atoms with van der Waals surface area (Å²) >= 11 is 0. The van der Waals surface area contributed by atoms with Gasteiger partial charge in [-0.3, -0.25) is 9.69 Å². The predicted octanol–water partition coefficient (Wildman–Crippen LogP) is 3.96. The van der Waals surface area contributed by atoms with Crippen LogP contribution in [-0.2, 0) is 16.9 Å². The van der Waals surface area contributed by atoms with Gasteiger partial charge >= 0.3 is 6.03 Å². The number of amides is 3. The van der Waals surface area contributed by atoms with Gasteiger partial charge in [0.15, 0.2) is 17.2 Å². The zero-order chi connectivity index (χ0) is 19.7. The molecule has 3 aromatic rings. The van der Waals surface area contributed by atoms with E-state index in [9.17, 15) is 18.4 Å². The molecule has 0 atom stereocenters. The van der Waals surface area contributed by atoms with E-state index in [4.69, 9.17) is 0 Å². The maximum absolute atomic E-state index is 13.6. The Morgan fingerprint density at radius 2 is 1.36 bits per heavy atom. The Labute approximate surface area is 160 Å². The lowest BCUT2D eigenvalue weighted by atomic mass is 9.82. The fraction of sp³-hybridized carbons (Fsp3) is 0.0909. The van der Waals surface area contributed by atoms with Gasteiger partial charge < -0.3 is 5.32 Å². The molecule has 28 heavy (non-hydrogen) atoms. The van der Waals surface area contributed by atoms with E-state index < -0.39 is 29.1 Å². The van der Waals surface area contributed by atoms with Crippen LogP contribution in [0.5, 0.6) is 0 Å². The molecule has 1 saturated heterocycles. The number of halogens is 2. The smallest absolute Gasteiger partial charge is 0.315 e. The van der Waals surface area contributed by atoms with Crippen molar-refractivity contribution in [3.8, 4) is 0 Å². The zero-order valence-corrected chi connectivity index (χ0v) is 14.7. The average molecular weight is 378 g/mol. The van der Waals surface area contributed by atoms with Crippen molar-refractivity contribution in [3.05, 3.63) is 107 Å². The summed E-state index contributed by atoms with van der Waals surface area (Å²) in [5.41, 5.74) is 0.178. The van der Waals surface area contributed by atoms with Gasteiger partial charge in [0, 0.05) is 0 Å². The first-order valence-electron chi connectivity index (χ1n) is 8.71. The molecule has 0 saturated carbocycles. The minimum atomic E-state index is -1.38. The molecule has 0 spiro atoms. The Balaban J connectivity index is 1.78. The van der Waals surface area contributed by atoms with E-state index in [1.54, 1.807) is 48.5 Å². The van der Waals surface area contributed by atoms with E-state index in [1.807, 2.05) is 12.1 Å². The second-order valence-electron chi connectivity index (χ2n) is 6.55. The van der Waals surface area contributed by atoms with Crippen molar-refractivity contribution in [2.75, 3.05) is 0 Å². The fourth-order valence-corrected chi connectivity index (χ4v) is 3.47. The van der Waals surface area contributed by atoms with Crippen LogP contribution in [0.15, 0.2) is 78.9 Å². The third-order valence-corrected chi connectivity index (χ3v) is 4.84. The molecule has 4 nitrogen and oxygen atoms in total. The van der Waals surface area contributed by atoms with Crippen molar-refractivity contribution in [1.82, 2.24) is 10.2 Å². The number of nitrogens with zero attached hydrogens (tertiary/aromatic N) is 1. The highest BCUT2D eigenvalue weighted by molar-refractivity contribution is 6.09. The van der Waals surface area contributed by atoms with Gasteiger partial charge in [-0.05, 0) is 28.8 Å². The highest BCUT2D eigenvalue weighted by atomic mass is 19.2. The van der Waals surface area contributed by atoms with Gasteiger partial charge in [0.05, 0.1) is 6.54 Å². The predicted molar refractivity (Wildman–Crippen MR) is 99.1 cm³/mol. The molecular formula is C22H16F2N2O2. The number of hydrogen-bond acceptors (Lipinski definition) is 2. The molecule has 1 heterocycles. The number of imide groups is 1. The second kappa shape index (κ2) is 6.88. The van der Waals surface area contributed by atoms with Crippen molar-refractivity contribution < 1.29 is 18.4 Å². The molecule has 0 aromatic heterocycles. The summed E-state index contributed by atoms with van der Waals surface area (Å²) in [5, 5.41) is 2.82. The van der Waals surface area contributed by atoms with Gasteiger partial charge in [-0.15, -0.1) is 0 Å². The SMILES string of the molecule is O=C1NC(c2ccccc2)(c2ccccc2)C(=O)N1Cc1ccc(F)c(F)c1. The summed E-state index contributed by atoms with van der Waals surface area (Å²) < 4.78 is 26.7. The van der Waals surface area contributed by atoms with E-state index in [1.165, 1.54) is 6.07 Å². The molecule has 3 aromatic carbocycles. The summed E-state index contributed by atoms with van der Waals surface area (Å²) in [4.78, 5) is 27.2. The van der Waals surface area contributed by atoms with Crippen LogP contribution in [0.2, 0.25) is 0 Å². The van der Waals surface area contributed by atoms with Crippen LogP contribution in [0, 0.1) is 11.6 Å². The molecule has 0 aliphatic carbocycles. The first kappa shape index (κ1) is 17.9. The minimum Gasteiger partial charge on any atom is -0.315 e. The Morgan fingerprint density at radius 1 is 0.786 bits per heavy atom. The summed E-state index contributed by atoms with van der Waals surface area (Å²) in [7, 11) is 0. The van der Waals surface area contributed by atoms with Gasteiger partial charge in [-0.25, -0.2) is 13.6 Å². The Hall–Kier alpha value is -3.54. The largest absolute Gasteiger partial charge is 0.325 e. The summed E-state index contributed by atoms with van der Waals surface area (Å²) in [6.07, 6.45) is 0. The van der Waals surface area contributed by atoms with E-state index >= 15 is 0 Å². The summed E-state index contributed by atoms with van der Waals surface area (Å²) in [5.74, 6) is -2.48. The molecule has 4 rings (SSSR count). The average Bonchev–Trinajstić information content (AvgIpc) is 2.98. The molecule has 1 N–H and O–H groups in total. The molecule has 6 heteroatoms. The number of rotatable bonds is 4. The lowest BCUT2D eigenvalue weighted by molar-refractivity contribution is -0.130. The minimum absolute atomic E-state index is 0.163.